The maximum Gasteiger partial charge on any atom is 0.342 e. The summed E-state index contributed by atoms with van der Waals surface area (Å²) in [5.41, 5.74) is 2.97. The normalized spacial score (nSPS) is 12.4. The lowest BCUT2D eigenvalue weighted by atomic mass is 10.2. The van der Waals surface area contributed by atoms with Gasteiger partial charge < -0.3 is 14.4 Å². The number of nitrogens with zero attached hydrogens (tertiary/aromatic N) is 1. The van der Waals surface area contributed by atoms with Gasteiger partial charge in [0.15, 0.2) is 6.61 Å². The molecule has 1 amide bonds. The highest BCUT2D eigenvalue weighted by molar-refractivity contribution is 5.99. The van der Waals surface area contributed by atoms with Crippen molar-refractivity contribution in [3.05, 3.63) is 95.3 Å². The molecule has 1 heterocycles. The van der Waals surface area contributed by atoms with E-state index in [4.69, 9.17) is 9.47 Å². The first-order chi connectivity index (χ1) is 14.6. The molecule has 0 N–H and O–H groups in total. The van der Waals surface area contributed by atoms with Gasteiger partial charge >= 0.3 is 5.97 Å². The average Bonchev–Trinajstić information content (AvgIpc) is 3.21. The molecule has 0 aromatic heterocycles. The summed E-state index contributed by atoms with van der Waals surface area (Å²) in [5, 5.41) is 0. The van der Waals surface area contributed by atoms with Crippen LogP contribution >= 0.6 is 0 Å². The number of rotatable bonds is 6. The van der Waals surface area contributed by atoms with E-state index in [1.54, 1.807) is 41.3 Å². The molecule has 4 rings (SSSR count). The largest absolute Gasteiger partial charge is 0.488 e. The molecule has 1 aliphatic heterocycles. The number of carbonyl (C=O) groups is 2. The number of halogens is 1. The third-order valence-electron chi connectivity index (χ3n) is 4.93. The number of carbonyl (C=O) groups excluding carboxylic acids is 2. The van der Waals surface area contributed by atoms with Crippen molar-refractivity contribution in [2.24, 2.45) is 0 Å². The van der Waals surface area contributed by atoms with Crippen LogP contribution in [0.3, 0.4) is 0 Å². The minimum Gasteiger partial charge on any atom is -0.488 e. The Morgan fingerprint density at radius 2 is 1.67 bits per heavy atom. The van der Waals surface area contributed by atoms with Gasteiger partial charge in [0.1, 0.15) is 23.7 Å². The Morgan fingerprint density at radius 1 is 0.933 bits per heavy atom. The van der Waals surface area contributed by atoms with E-state index >= 15 is 0 Å². The third kappa shape index (κ3) is 4.33. The predicted octanol–water partition coefficient (Wildman–Crippen LogP) is 4.15. The quantitative estimate of drug-likeness (QED) is 0.578. The van der Waals surface area contributed by atoms with Crippen LogP contribution in [0.2, 0.25) is 0 Å². The lowest BCUT2D eigenvalue weighted by molar-refractivity contribution is -0.121. The lowest BCUT2D eigenvalue weighted by Crippen LogP contribution is -2.33. The Hall–Kier alpha value is -3.67. The van der Waals surface area contributed by atoms with E-state index in [-0.39, 0.29) is 30.5 Å². The van der Waals surface area contributed by atoms with Crippen LogP contribution in [-0.4, -0.2) is 25.0 Å². The van der Waals surface area contributed by atoms with E-state index in [0.717, 1.165) is 23.2 Å². The van der Waals surface area contributed by atoms with E-state index in [2.05, 4.69) is 0 Å². The summed E-state index contributed by atoms with van der Waals surface area (Å²) in [4.78, 5) is 26.8. The molecule has 0 radical (unpaired) electrons. The van der Waals surface area contributed by atoms with Crippen LogP contribution in [-0.2, 0) is 22.6 Å². The molecule has 6 heteroatoms. The molecule has 152 valence electrons. The molecule has 0 bridgehead atoms. The second kappa shape index (κ2) is 8.78. The zero-order valence-electron chi connectivity index (χ0n) is 16.2. The SMILES string of the molecule is O=C(OCC(=O)N1CCc2ccccc21)c1ccccc1OCc1ccc(F)cc1. The number of amides is 1. The Bertz CT molecular complexity index is 1060. The van der Waals surface area contributed by atoms with Crippen molar-refractivity contribution in [1.82, 2.24) is 0 Å². The van der Waals surface area contributed by atoms with Gasteiger partial charge in [-0.25, -0.2) is 9.18 Å². The molecule has 1 aliphatic rings. The van der Waals surface area contributed by atoms with Crippen molar-refractivity contribution in [2.45, 2.75) is 13.0 Å². The molecule has 0 aliphatic carbocycles. The Labute approximate surface area is 173 Å². The first-order valence-electron chi connectivity index (χ1n) is 9.63. The zero-order chi connectivity index (χ0) is 20.9. The monoisotopic (exact) mass is 405 g/mol. The molecule has 3 aromatic carbocycles. The molecular formula is C24H20FNO4. The number of benzene rings is 3. The van der Waals surface area contributed by atoms with E-state index in [0.29, 0.717) is 12.3 Å². The summed E-state index contributed by atoms with van der Waals surface area (Å²) >= 11 is 0. The number of esters is 1. The van der Waals surface area contributed by atoms with Crippen LogP contribution in [0, 0.1) is 5.82 Å². The van der Waals surface area contributed by atoms with E-state index < -0.39 is 5.97 Å². The zero-order valence-corrected chi connectivity index (χ0v) is 16.2. The smallest absolute Gasteiger partial charge is 0.342 e. The number of fused-ring (bicyclic) bond motifs is 1. The van der Waals surface area contributed by atoms with E-state index in [1.807, 2.05) is 24.3 Å². The molecule has 0 saturated heterocycles. The second-order valence-electron chi connectivity index (χ2n) is 6.91. The molecule has 0 fully saturated rings. The predicted molar refractivity (Wildman–Crippen MR) is 110 cm³/mol. The number of anilines is 1. The summed E-state index contributed by atoms with van der Waals surface area (Å²) in [7, 11) is 0. The maximum absolute atomic E-state index is 13.0. The van der Waals surface area contributed by atoms with Crippen LogP contribution in [0.1, 0.15) is 21.5 Å². The summed E-state index contributed by atoms with van der Waals surface area (Å²) in [5.74, 6) is -0.887. The molecule has 3 aromatic rings. The van der Waals surface area contributed by atoms with Gasteiger partial charge in [-0.3, -0.25) is 4.79 Å². The van der Waals surface area contributed by atoms with Gasteiger partial charge in [0, 0.05) is 12.2 Å². The molecule has 30 heavy (non-hydrogen) atoms. The van der Waals surface area contributed by atoms with Crippen LogP contribution in [0.15, 0.2) is 72.8 Å². The van der Waals surface area contributed by atoms with Gasteiger partial charge in [0.25, 0.3) is 5.91 Å². The summed E-state index contributed by atoms with van der Waals surface area (Å²) in [6.45, 7) is 0.403. The fourth-order valence-corrected chi connectivity index (χ4v) is 3.38. The van der Waals surface area contributed by atoms with Gasteiger partial charge in [-0.15, -0.1) is 0 Å². The summed E-state index contributed by atoms with van der Waals surface area (Å²) in [6, 6.07) is 20.3. The Balaban J connectivity index is 1.38. The first-order valence-corrected chi connectivity index (χ1v) is 9.63. The van der Waals surface area contributed by atoms with Crippen LogP contribution in [0.25, 0.3) is 0 Å². The Kier molecular flexibility index (Phi) is 5.75. The van der Waals surface area contributed by atoms with Gasteiger partial charge in [-0.1, -0.05) is 42.5 Å². The van der Waals surface area contributed by atoms with Gasteiger partial charge in [-0.05, 0) is 47.9 Å². The maximum atomic E-state index is 13.0. The molecule has 0 saturated carbocycles. The standard InChI is InChI=1S/C24H20FNO4/c25-19-11-9-17(10-12-19)15-29-22-8-4-2-6-20(22)24(28)30-16-23(27)26-14-13-18-5-1-3-7-21(18)26/h1-12H,13-16H2. The topological polar surface area (TPSA) is 55.8 Å². The third-order valence-corrected chi connectivity index (χ3v) is 4.93. The molecule has 0 unspecified atom stereocenters. The highest BCUT2D eigenvalue weighted by Crippen LogP contribution is 2.27. The van der Waals surface area contributed by atoms with Crippen LogP contribution in [0.5, 0.6) is 5.75 Å². The van der Waals surface area contributed by atoms with Crippen molar-refractivity contribution < 1.29 is 23.5 Å². The van der Waals surface area contributed by atoms with Crippen molar-refractivity contribution in [2.75, 3.05) is 18.1 Å². The minimum absolute atomic E-state index is 0.175. The highest BCUT2D eigenvalue weighted by atomic mass is 19.1. The molecule has 0 atom stereocenters. The van der Waals surface area contributed by atoms with E-state index in [9.17, 15) is 14.0 Å². The van der Waals surface area contributed by atoms with Crippen molar-refractivity contribution >= 4 is 17.6 Å². The fraction of sp³-hybridized carbons (Fsp3) is 0.167. The number of ether oxygens (including phenoxy) is 2. The molecule has 5 nitrogen and oxygen atoms in total. The van der Waals surface area contributed by atoms with Crippen molar-refractivity contribution in [3.63, 3.8) is 0 Å². The minimum atomic E-state index is -0.634. The van der Waals surface area contributed by atoms with Crippen LogP contribution < -0.4 is 9.64 Å². The average molecular weight is 405 g/mol. The number of para-hydroxylation sites is 2. The van der Waals surface area contributed by atoms with Gasteiger partial charge in [-0.2, -0.15) is 0 Å². The highest BCUT2D eigenvalue weighted by Gasteiger charge is 2.25. The van der Waals surface area contributed by atoms with E-state index in [1.165, 1.54) is 12.1 Å². The fourth-order valence-electron chi connectivity index (χ4n) is 3.38. The van der Waals surface area contributed by atoms with Gasteiger partial charge in [0.2, 0.25) is 0 Å². The lowest BCUT2D eigenvalue weighted by Gasteiger charge is -2.17. The second-order valence-corrected chi connectivity index (χ2v) is 6.91. The van der Waals surface area contributed by atoms with Crippen molar-refractivity contribution in [3.8, 4) is 5.75 Å². The number of hydrogen-bond donors (Lipinski definition) is 0. The molecule has 0 spiro atoms. The van der Waals surface area contributed by atoms with Crippen LogP contribution in [0.4, 0.5) is 10.1 Å². The summed E-state index contributed by atoms with van der Waals surface area (Å²) in [6.07, 6.45) is 0.788. The Morgan fingerprint density at radius 3 is 2.50 bits per heavy atom. The summed E-state index contributed by atoms with van der Waals surface area (Å²) < 4.78 is 24.0. The number of hydrogen-bond acceptors (Lipinski definition) is 4. The first kappa shape index (κ1) is 19.6. The van der Waals surface area contributed by atoms with Crippen molar-refractivity contribution in [1.29, 1.82) is 0 Å². The van der Waals surface area contributed by atoms with Gasteiger partial charge in [0.05, 0.1) is 0 Å². The molecular weight excluding hydrogens is 385 g/mol.